The van der Waals surface area contributed by atoms with E-state index >= 15 is 0 Å². The predicted molar refractivity (Wildman–Crippen MR) is 52.5 cm³/mol. The van der Waals surface area contributed by atoms with Crippen LogP contribution in [0.25, 0.3) is 0 Å². The Morgan fingerprint density at radius 1 is 1.64 bits per heavy atom. The van der Waals surface area contributed by atoms with Gasteiger partial charge in [0.1, 0.15) is 0 Å². The highest BCUT2D eigenvalue weighted by Crippen LogP contribution is 2.08. The highest BCUT2D eigenvalue weighted by Gasteiger charge is 2.11. The summed E-state index contributed by atoms with van der Waals surface area (Å²) in [5.74, 6) is 0. The topological polar surface area (TPSA) is 92.0 Å². The van der Waals surface area contributed by atoms with Crippen LogP contribution < -0.4 is 11.5 Å². The standard InChI is InChI=1S/C8H17N5O/c1-14-6-7(10)8-5-11-12-13(8)4-2-3-9/h5,7H,2-4,6,9-10H2,1H3/t7-/m1/s1. The largest absolute Gasteiger partial charge is 0.383 e. The van der Waals surface area contributed by atoms with E-state index in [0.29, 0.717) is 13.2 Å². The lowest BCUT2D eigenvalue weighted by Gasteiger charge is -2.11. The molecule has 0 saturated carbocycles. The van der Waals surface area contributed by atoms with Gasteiger partial charge in [0.25, 0.3) is 0 Å². The molecular weight excluding hydrogens is 182 g/mol. The molecule has 1 atom stereocenters. The van der Waals surface area contributed by atoms with Crippen LogP contribution >= 0.6 is 0 Å². The average molecular weight is 199 g/mol. The smallest absolute Gasteiger partial charge is 0.0777 e. The molecule has 0 aliphatic heterocycles. The Hall–Kier alpha value is -0.980. The van der Waals surface area contributed by atoms with Gasteiger partial charge in [0.2, 0.25) is 0 Å². The van der Waals surface area contributed by atoms with Gasteiger partial charge in [-0.05, 0) is 13.0 Å². The zero-order valence-electron chi connectivity index (χ0n) is 8.39. The van der Waals surface area contributed by atoms with Crippen LogP contribution in [0.15, 0.2) is 6.20 Å². The van der Waals surface area contributed by atoms with Crippen LogP contribution in [-0.4, -0.2) is 35.3 Å². The SMILES string of the molecule is COC[C@@H](N)c1cnnn1CCCN. The number of nitrogens with two attached hydrogens (primary N) is 2. The van der Waals surface area contributed by atoms with Gasteiger partial charge in [-0.3, -0.25) is 0 Å². The van der Waals surface area contributed by atoms with Crippen LogP contribution in [0.2, 0.25) is 0 Å². The predicted octanol–water partition coefficient (Wildman–Crippen LogP) is -0.727. The number of aromatic nitrogens is 3. The first-order valence-corrected chi connectivity index (χ1v) is 4.62. The summed E-state index contributed by atoms with van der Waals surface area (Å²) in [6.45, 7) is 1.86. The third-order valence-corrected chi connectivity index (χ3v) is 1.95. The van der Waals surface area contributed by atoms with E-state index in [-0.39, 0.29) is 6.04 Å². The molecule has 0 fully saturated rings. The minimum Gasteiger partial charge on any atom is -0.383 e. The number of methoxy groups -OCH3 is 1. The zero-order chi connectivity index (χ0) is 10.4. The second-order valence-corrected chi connectivity index (χ2v) is 3.09. The fourth-order valence-electron chi connectivity index (χ4n) is 1.23. The van der Waals surface area contributed by atoms with E-state index in [2.05, 4.69) is 10.3 Å². The number of aryl methyl sites for hydroxylation is 1. The molecule has 0 bridgehead atoms. The van der Waals surface area contributed by atoms with Crippen LogP contribution in [0, 0.1) is 0 Å². The lowest BCUT2D eigenvalue weighted by Crippen LogP contribution is -2.21. The van der Waals surface area contributed by atoms with Crippen LogP contribution in [-0.2, 0) is 11.3 Å². The number of hydrogen-bond donors (Lipinski definition) is 2. The molecule has 1 heterocycles. The maximum absolute atomic E-state index is 5.87. The summed E-state index contributed by atoms with van der Waals surface area (Å²) in [6.07, 6.45) is 2.54. The average Bonchev–Trinajstić information content (AvgIpc) is 2.63. The maximum Gasteiger partial charge on any atom is 0.0777 e. The van der Waals surface area contributed by atoms with E-state index in [9.17, 15) is 0 Å². The maximum atomic E-state index is 5.87. The Labute approximate surface area is 83.2 Å². The second kappa shape index (κ2) is 5.69. The molecule has 0 spiro atoms. The number of rotatable bonds is 6. The molecule has 0 amide bonds. The van der Waals surface area contributed by atoms with E-state index < -0.39 is 0 Å². The summed E-state index contributed by atoms with van der Waals surface area (Å²) in [4.78, 5) is 0. The van der Waals surface area contributed by atoms with Crippen molar-refractivity contribution in [3.63, 3.8) is 0 Å². The summed E-state index contributed by atoms with van der Waals surface area (Å²) in [5, 5.41) is 7.75. The molecule has 0 unspecified atom stereocenters. The Balaban J connectivity index is 2.61. The number of nitrogens with zero attached hydrogens (tertiary/aromatic N) is 3. The van der Waals surface area contributed by atoms with Crippen molar-refractivity contribution in [3.8, 4) is 0 Å². The Morgan fingerprint density at radius 3 is 3.07 bits per heavy atom. The summed E-state index contributed by atoms with van der Waals surface area (Å²) in [7, 11) is 1.62. The first-order valence-electron chi connectivity index (χ1n) is 4.62. The normalized spacial score (nSPS) is 13.1. The minimum absolute atomic E-state index is 0.173. The van der Waals surface area contributed by atoms with Crippen molar-refractivity contribution in [2.75, 3.05) is 20.3 Å². The van der Waals surface area contributed by atoms with E-state index in [0.717, 1.165) is 18.7 Å². The quantitative estimate of drug-likeness (QED) is 0.630. The summed E-state index contributed by atoms with van der Waals surface area (Å²) in [5.41, 5.74) is 12.2. The van der Waals surface area contributed by atoms with E-state index in [1.807, 2.05) is 0 Å². The zero-order valence-corrected chi connectivity index (χ0v) is 8.39. The van der Waals surface area contributed by atoms with Crippen LogP contribution in [0.5, 0.6) is 0 Å². The van der Waals surface area contributed by atoms with Gasteiger partial charge in [0.15, 0.2) is 0 Å². The van der Waals surface area contributed by atoms with Gasteiger partial charge in [-0.1, -0.05) is 5.21 Å². The van der Waals surface area contributed by atoms with Crippen molar-refractivity contribution in [3.05, 3.63) is 11.9 Å². The fraction of sp³-hybridized carbons (Fsp3) is 0.750. The van der Waals surface area contributed by atoms with Crippen molar-refractivity contribution in [2.45, 2.75) is 19.0 Å². The molecule has 6 nitrogen and oxygen atoms in total. The van der Waals surface area contributed by atoms with Gasteiger partial charge in [-0.15, -0.1) is 5.10 Å². The molecule has 0 saturated heterocycles. The van der Waals surface area contributed by atoms with Crippen molar-refractivity contribution >= 4 is 0 Å². The first-order chi connectivity index (χ1) is 6.79. The molecule has 1 rings (SSSR count). The molecule has 0 aliphatic carbocycles. The Bertz CT molecular complexity index is 262. The van der Waals surface area contributed by atoms with Gasteiger partial charge in [0, 0.05) is 13.7 Å². The van der Waals surface area contributed by atoms with Gasteiger partial charge in [-0.25, -0.2) is 4.68 Å². The van der Waals surface area contributed by atoms with Crippen molar-refractivity contribution in [1.82, 2.24) is 15.0 Å². The summed E-state index contributed by atoms with van der Waals surface area (Å²) >= 11 is 0. The molecule has 0 aromatic carbocycles. The molecule has 0 aliphatic rings. The Morgan fingerprint density at radius 2 is 2.43 bits per heavy atom. The summed E-state index contributed by atoms with van der Waals surface area (Å²) in [6, 6.07) is -0.173. The fourth-order valence-corrected chi connectivity index (χ4v) is 1.23. The van der Waals surface area contributed by atoms with E-state index in [1.54, 1.807) is 18.0 Å². The molecule has 0 radical (unpaired) electrons. The molecule has 4 N–H and O–H groups in total. The third kappa shape index (κ3) is 2.76. The molecule has 80 valence electrons. The lowest BCUT2D eigenvalue weighted by atomic mass is 10.2. The van der Waals surface area contributed by atoms with Crippen LogP contribution in [0.4, 0.5) is 0 Å². The van der Waals surface area contributed by atoms with Crippen molar-refractivity contribution < 1.29 is 4.74 Å². The summed E-state index contributed by atoms with van der Waals surface area (Å²) < 4.78 is 6.74. The first kappa shape index (κ1) is 11.1. The monoisotopic (exact) mass is 199 g/mol. The van der Waals surface area contributed by atoms with E-state index in [4.69, 9.17) is 16.2 Å². The minimum atomic E-state index is -0.173. The van der Waals surface area contributed by atoms with Gasteiger partial charge in [-0.2, -0.15) is 0 Å². The molecule has 1 aromatic heterocycles. The van der Waals surface area contributed by atoms with Gasteiger partial charge >= 0.3 is 0 Å². The second-order valence-electron chi connectivity index (χ2n) is 3.09. The van der Waals surface area contributed by atoms with Gasteiger partial charge < -0.3 is 16.2 Å². The molecule has 1 aromatic rings. The van der Waals surface area contributed by atoms with E-state index in [1.165, 1.54) is 0 Å². The molecule has 6 heteroatoms. The van der Waals surface area contributed by atoms with Crippen molar-refractivity contribution in [2.24, 2.45) is 11.5 Å². The Kier molecular flexibility index (Phi) is 4.51. The highest BCUT2D eigenvalue weighted by molar-refractivity contribution is 5.01. The number of hydrogen-bond acceptors (Lipinski definition) is 5. The number of ether oxygens (including phenoxy) is 1. The third-order valence-electron chi connectivity index (χ3n) is 1.95. The molecule has 14 heavy (non-hydrogen) atoms. The van der Waals surface area contributed by atoms with Crippen LogP contribution in [0.1, 0.15) is 18.2 Å². The van der Waals surface area contributed by atoms with Crippen molar-refractivity contribution in [1.29, 1.82) is 0 Å². The highest BCUT2D eigenvalue weighted by atomic mass is 16.5. The van der Waals surface area contributed by atoms with Crippen LogP contribution in [0.3, 0.4) is 0 Å². The van der Waals surface area contributed by atoms with Gasteiger partial charge in [0.05, 0.1) is 24.5 Å². The molecular formula is C8H17N5O. The lowest BCUT2D eigenvalue weighted by molar-refractivity contribution is 0.177.